The first-order valence-corrected chi connectivity index (χ1v) is 10.7. The minimum atomic E-state index is -0.877. The maximum atomic E-state index is 13.1. The number of non-ortho nitro benzene ring substituents is 1. The summed E-state index contributed by atoms with van der Waals surface area (Å²) in [4.78, 5) is 37.5. The molecule has 0 amide bonds. The Labute approximate surface area is 189 Å². The van der Waals surface area contributed by atoms with E-state index >= 15 is 0 Å². The molecule has 1 atom stereocenters. The molecule has 1 heterocycles. The Balaban J connectivity index is 1.97. The number of rotatable bonds is 7. The van der Waals surface area contributed by atoms with E-state index in [0.717, 1.165) is 4.90 Å². The van der Waals surface area contributed by atoms with Gasteiger partial charge in [0, 0.05) is 28.4 Å². The van der Waals surface area contributed by atoms with Gasteiger partial charge in [0.25, 0.3) is 5.69 Å². The summed E-state index contributed by atoms with van der Waals surface area (Å²) in [7, 11) is 1.24. The van der Waals surface area contributed by atoms with Crippen LogP contribution in [-0.4, -0.2) is 29.9 Å². The van der Waals surface area contributed by atoms with Gasteiger partial charge in [0.1, 0.15) is 5.94 Å². The maximum Gasteiger partial charge on any atom is 0.337 e. The number of nitro groups is 1. The molecule has 3 rings (SSSR count). The number of carbonyl (C=O) groups excluding carboxylic acids is 2. The van der Waals surface area contributed by atoms with Crippen LogP contribution in [0.2, 0.25) is 0 Å². The van der Waals surface area contributed by atoms with Crippen molar-refractivity contribution in [2.75, 3.05) is 13.0 Å². The fourth-order valence-corrected chi connectivity index (χ4v) is 4.19. The van der Waals surface area contributed by atoms with Crippen molar-refractivity contribution in [2.45, 2.75) is 24.7 Å². The van der Waals surface area contributed by atoms with Gasteiger partial charge >= 0.3 is 11.9 Å². The van der Waals surface area contributed by atoms with E-state index < -0.39 is 22.8 Å². The van der Waals surface area contributed by atoms with E-state index in [1.54, 1.807) is 19.9 Å². The van der Waals surface area contributed by atoms with Crippen molar-refractivity contribution in [2.24, 2.45) is 0 Å². The number of methoxy groups -OCH3 is 1. The number of benzene rings is 2. The molecule has 0 saturated carbocycles. The number of nitrogens with zero attached hydrogens (tertiary/aromatic N) is 1. The number of allylic oxidation sites excluding steroid dienone is 2. The van der Waals surface area contributed by atoms with E-state index in [2.05, 4.69) is 5.32 Å². The molecule has 0 spiro atoms. The second-order valence-corrected chi connectivity index (χ2v) is 7.98. The number of thioether (sulfide) groups is 1. The van der Waals surface area contributed by atoms with Crippen LogP contribution < -0.4 is 5.32 Å². The monoisotopic (exact) mass is 454 g/mol. The Morgan fingerprint density at radius 1 is 1.03 bits per heavy atom. The second kappa shape index (κ2) is 10.1. The van der Waals surface area contributed by atoms with Gasteiger partial charge in [0.05, 0.1) is 29.1 Å². The molecule has 0 bridgehead atoms. The Morgan fingerprint density at radius 3 is 2.31 bits per heavy atom. The van der Waals surface area contributed by atoms with Crippen molar-refractivity contribution >= 4 is 29.4 Å². The van der Waals surface area contributed by atoms with Crippen LogP contribution in [0.3, 0.4) is 0 Å². The van der Waals surface area contributed by atoms with Crippen molar-refractivity contribution in [1.82, 2.24) is 5.32 Å². The number of hydrogen-bond donors (Lipinski definition) is 1. The number of nitro benzene ring substituents is 1. The fraction of sp³-hybridized carbons (Fsp3) is 0.217. The Morgan fingerprint density at radius 2 is 1.69 bits per heavy atom. The molecule has 0 aliphatic carbocycles. The van der Waals surface area contributed by atoms with Gasteiger partial charge in [-0.15, -0.1) is 0 Å². The van der Waals surface area contributed by atoms with Crippen molar-refractivity contribution in [3.63, 3.8) is 0 Å². The van der Waals surface area contributed by atoms with Crippen LogP contribution in [0.25, 0.3) is 0 Å². The van der Waals surface area contributed by atoms with Crippen LogP contribution in [0.4, 0.5) is 5.69 Å². The zero-order valence-electron chi connectivity index (χ0n) is 17.8. The van der Waals surface area contributed by atoms with Crippen molar-refractivity contribution in [3.05, 3.63) is 92.8 Å². The van der Waals surface area contributed by atoms with Crippen LogP contribution >= 0.6 is 11.8 Å². The first-order chi connectivity index (χ1) is 15.3. The van der Waals surface area contributed by atoms with Crippen LogP contribution in [0.15, 0.2) is 82.0 Å². The highest BCUT2D eigenvalue weighted by molar-refractivity contribution is 7.99. The van der Waals surface area contributed by atoms with Crippen LogP contribution in [-0.2, 0) is 19.1 Å². The molecule has 2 aromatic rings. The number of esters is 2. The third kappa shape index (κ3) is 5.00. The quantitative estimate of drug-likeness (QED) is 0.217. The summed E-state index contributed by atoms with van der Waals surface area (Å²) in [5.41, 5.74) is 1.67. The van der Waals surface area contributed by atoms with Crippen LogP contribution in [0.5, 0.6) is 0 Å². The lowest BCUT2D eigenvalue weighted by atomic mass is 9.80. The molecule has 0 aromatic heterocycles. The average molecular weight is 455 g/mol. The number of nitrogens with one attached hydrogen (secondary N) is 1. The number of carbonyl (C=O) groups is 2. The van der Waals surface area contributed by atoms with Gasteiger partial charge in [-0.05, 0) is 31.5 Å². The molecule has 2 aromatic carbocycles. The van der Waals surface area contributed by atoms with Crippen LogP contribution in [0, 0.1) is 10.1 Å². The molecular weight excluding hydrogens is 432 g/mol. The van der Waals surface area contributed by atoms with E-state index in [9.17, 15) is 19.7 Å². The van der Waals surface area contributed by atoms with E-state index in [4.69, 9.17) is 9.47 Å². The number of ether oxygens (including phenoxy) is 2. The lowest BCUT2D eigenvalue weighted by Crippen LogP contribution is -2.32. The molecule has 0 saturated heterocycles. The Bertz CT molecular complexity index is 1110. The van der Waals surface area contributed by atoms with Gasteiger partial charge in [-0.3, -0.25) is 10.1 Å². The Kier molecular flexibility index (Phi) is 7.32. The highest BCUT2D eigenvalue weighted by atomic mass is 32.2. The molecule has 1 aliphatic rings. The molecule has 0 radical (unpaired) electrons. The molecule has 9 heteroatoms. The molecule has 1 aliphatic heterocycles. The lowest BCUT2D eigenvalue weighted by Gasteiger charge is -2.30. The second-order valence-electron chi connectivity index (χ2n) is 6.99. The molecule has 1 unspecified atom stereocenters. The van der Waals surface area contributed by atoms with Gasteiger partial charge < -0.3 is 14.8 Å². The summed E-state index contributed by atoms with van der Waals surface area (Å²) >= 11 is 1.35. The summed E-state index contributed by atoms with van der Waals surface area (Å²) in [6, 6.07) is 15.3. The van der Waals surface area contributed by atoms with Crippen molar-refractivity contribution < 1.29 is 24.0 Å². The third-order valence-corrected chi connectivity index (χ3v) is 5.80. The predicted molar refractivity (Wildman–Crippen MR) is 120 cm³/mol. The Hall–Kier alpha value is -3.59. The topological polar surface area (TPSA) is 108 Å². The molecular formula is C23H22N2O6S. The van der Waals surface area contributed by atoms with Gasteiger partial charge in [-0.25, -0.2) is 9.59 Å². The zero-order valence-corrected chi connectivity index (χ0v) is 18.6. The first kappa shape index (κ1) is 23.1. The van der Waals surface area contributed by atoms with Crippen molar-refractivity contribution in [3.8, 4) is 0 Å². The summed E-state index contributed by atoms with van der Waals surface area (Å²) in [5.74, 6) is -2.07. The molecule has 166 valence electrons. The molecule has 1 N–H and O–H groups in total. The standard InChI is InChI=1S/C23H22N2O6S/c1-14-19(22(26)30-3)21(16-8-7-9-17(12-16)25(28)29)20(15(2)24-14)23(27)31-13-32-18-10-5-4-6-11-18/h4-12,21,24H,13H2,1-3H3. The van der Waals surface area contributed by atoms with Gasteiger partial charge in [0.15, 0.2) is 0 Å². The minimum absolute atomic E-state index is 0.0670. The summed E-state index contributed by atoms with van der Waals surface area (Å²) < 4.78 is 10.4. The largest absolute Gasteiger partial charge is 0.466 e. The third-order valence-electron chi connectivity index (χ3n) is 4.96. The van der Waals surface area contributed by atoms with E-state index in [0.29, 0.717) is 17.0 Å². The summed E-state index contributed by atoms with van der Waals surface area (Å²) in [5, 5.41) is 14.3. The van der Waals surface area contributed by atoms with Gasteiger partial charge in [-0.2, -0.15) is 0 Å². The number of dihydropyridines is 1. The van der Waals surface area contributed by atoms with Crippen LogP contribution in [0.1, 0.15) is 25.3 Å². The molecule has 8 nitrogen and oxygen atoms in total. The highest BCUT2D eigenvalue weighted by Crippen LogP contribution is 2.40. The average Bonchev–Trinajstić information content (AvgIpc) is 2.78. The molecule has 32 heavy (non-hydrogen) atoms. The predicted octanol–water partition coefficient (Wildman–Crippen LogP) is 4.30. The maximum absolute atomic E-state index is 13.1. The van der Waals surface area contributed by atoms with Gasteiger partial charge in [-0.1, -0.05) is 42.1 Å². The normalized spacial score (nSPS) is 15.8. The van der Waals surface area contributed by atoms with E-state index in [-0.39, 0.29) is 22.8 Å². The minimum Gasteiger partial charge on any atom is -0.466 e. The lowest BCUT2D eigenvalue weighted by molar-refractivity contribution is -0.384. The summed E-state index contributed by atoms with van der Waals surface area (Å²) in [6.07, 6.45) is 0. The fourth-order valence-electron chi connectivity index (χ4n) is 3.54. The summed E-state index contributed by atoms with van der Waals surface area (Å²) in [6.45, 7) is 3.39. The van der Waals surface area contributed by atoms with E-state index in [1.165, 1.54) is 37.1 Å². The SMILES string of the molecule is COC(=O)C1=C(C)NC(C)=C(C(=O)OCSc2ccccc2)C1c1cccc([N+](=O)[O-])c1. The number of hydrogen-bond acceptors (Lipinski definition) is 8. The first-order valence-electron chi connectivity index (χ1n) is 9.69. The zero-order chi connectivity index (χ0) is 23.3. The van der Waals surface area contributed by atoms with Crippen molar-refractivity contribution in [1.29, 1.82) is 0 Å². The van der Waals surface area contributed by atoms with Gasteiger partial charge in [0.2, 0.25) is 0 Å². The highest BCUT2D eigenvalue weighted by Gasteiger charge is 2.38. The van der Waals surface area contributed by atoms with E-state index in [1.807, 2.05) is 30.3 Å². The molecule has 0 fully saturated rings. The smallest absolute Gasteiger partial charge is 0.337 e.